The molecule has 0 aliphatic heterocycles. The van der Waals surface area contributed by atoms with Crippen LogP contribution in [0.15, 0.2) is 4.42 Å². The Labute approximate surface area is 67.8 Å². The second-order valence-electron chi connectivity index (χ2n) is 1.82. The van der Waals surface area contributed by atoms with Gasteiger partial charge in [0.15, 0.2) is 9.66 Å². The standard InChI is InChI=1S/C6H8INO/c1-3-5-8-4(2)6(7)9-5/h3H2,1-2H3. The van der Waals surface area contributed by atoms with E-state index in [9.17, 15) is 0 Å². The van der Waals surface area contributed by atoms with Crippen LogP contribution in [-0.4, -0.2) is 4.98 Å². The van der Waals surface area contributed by atoms with Crippen LogP contribution in [0.5, 0.6) is 0 Å². The third-order valence-electron chi connectivity index (χ3n) is 1.09. The lowest BCUT2D eigenvalue weighted by Crippen LogP contribution is -1.77. The van der Waals surface area contributed by atoms with Crippen LogP contribution in [0.4, 0.5) is 0 Å². The van der Waals surface area contributed by atoms with Gasteiger partial charge in [0.05, 0.1) is 5.69 Å². The summed E-state index contributed by atoms with van der Waals surface area (Å²) in [6.45, 7) is 3.98. The molecular weight excluding hydrogens is 229 g/mol. The van der Waals surface area contributed by atoms with Crippen LogP contribution in [0.1, 0.15) is 18.5 Å². The first kappa shape index (κ1) is 7.05. The molecule has 9 heavy (non-hydrogen) atoms. The van der Waals surface area contributed by atoms with E-state index in [4.69, 9.17) is 4.42 Å². The van der Waals surface area contributed by atoms with Gasteiger partial charge < -0.3 is 4.42 Å². The van der Waals surface area contributed by atoms with Crippen molar-refractivity contribution in [3.8, 4) is 0 Å². The van der Waals surface area contributed by atoms with E-state index in [-0.39, 0.29) is 0 Å². The summed E-state index contributed by atoms with van der Waals surface area (Å²) in [5.74, 6) is 0.830. The maximum Gasteiger partial charge on any atom is 0.195 e. The van der Waals surface area contributed by atoms with Crippen molar-refractivity contribution in [2.75, 3.05) is 0 Å². The summed E-state index contributed by atoms with van der Waals surface area (Å²) in [4.78, 5) is 4.15. The third kappa shape index (κ3) is 1.44. The molecule has 0 aliphatic rings. The molecular formula is C6H8INO. The zero-order valence-electron chi connectivity index (χ0n) is 5.44. The van der Waals surface area contributed by atoms with Crippen molar-refractivity contribution in [3.63, 3.8) is 0 Å². The number of hydrogen-bond donors (Lipinski definition) is 0. The van der Waals surface area contributed by atoms with E-state index in [1.165, 1.54) is 0 Å². The largest absolute Gasteiger partial charge is 0.435 e. The summed E-state index contributed by atoms with van der Waals surface area (Å²) < 4.78 is 6.15. The Morgan fingerprint density at radius 2 is 2.33 bits per heavy atom. The van der Waals surface area contributed by atoms with Gasteiger partial charge in [-0.2, -0.15) is 0 Å². The van der Waals surface area contributed by atoms with Crippen molar-refractivity contribution in [2.45, 2.75) is 20.3 Å². The van der Waals surface area contributed by atoms with Gasteiger partial charge in [-0.05, 0) is 6.92 Å². The van der Waals surface area contributed by atoms with Crippen LogP contribution < -0.4 is 0 Å². The Kier molecular flexibility index (Phi) is 2.10. The number of aryl methyl sites for hydroxylation is 2. The fourth-order valence-corrected chi connectivity index (χ4v) is 0.957. The van der Waals surface area contributed by atoms with Crippen LogP contribution >= 0.6 is 22.6 Å². The summed E-state index contributed by atoms with van der Waals surface area (Å²) in [7, 11) is 0. The van der Waals surface area contributed by atoms with Crippen molar-refractivity contribution in [1.29, 1.82) is 0 Å². The molecule has 0 aliphatic carbocycles. The smallest absolute Gasteiger partial charge is 0.195 e. The van der Waals surface area contributed by atoms with E-state index in [1.54, 1.807) is 0 Å². The molecule has 0 radical (unpaired) electrons. The lowest BCUT2D eigenvalue weighted by molar-refractivity contribution is 0.478. The zero-order chi connectivity index (χ0) is 6.85. The molecule has 2 nitrogen and oxygen atoms in total. The van der Waals surface area contributed by atoms with Gasteiger partial charge in [0, 0.05) is 29.0 Å². The highest BCUT2D eigenvalue weighted by molar-refractivity contribution is 14.1. The first-order chi connectivity index (χ1) is 4.24. The average Bonchev–Trinajstić information content (AvgIpc) is 2.13. The van der Waals surface area contributed by atoms with E-state index in [1.807, 2.05) is 13.8 Å². The predicted molar refractivity (Wildman–Crippen MR) is 43.3 cm³/mol. The average molecular weight is 237 g/mol. The van der Waals surface area contributed by atoms with Crippen molar-refractivity contribution >= 4 is 22.6 Å². The number of halogens is 1. The first-order valence-electron chi connectivity index (χ1n) is 2.86. The summed E-state index contributed by atoms with van der Waals surface area (Å²) in [5.41, 5.74) is 0.993. The van der Waals surface area contributed by atoms with E-state index in [0.29, 0.717) is 0 Å². The SMILES string of the molecule is CCc1nc(C)c(I)o1. The molecule has 0 amide bonds. The Balaban J connectivity index is 2.98. The highest BCUT2D eigenvalue weighted by Gasteiger charge is 2.02. The van der Waals surface area contributed by atoms with E-state index in [0.717, 1.165) is 21.8 Å². The number of rotatable bonds is 1. The number of nitrogens with zero attached hydrogens (tertiary/aromatic N) is 1. The van der Waals surface area contributed by atoms with E-state index < -0.39 is 0 Å². The summed E-state index contributed by atoms with van der Waals surface area (Å²) >= 11 is 2.14. The van der Waals surface area contributed by atoms with Crippen molar-refractivity contribution < 1.29 is 4.42 Å². The molecule has 1 heterocycles. The molecule has 0 saturated carbocycles. The van der Waals surface area contributed by atoms with Crippen LogP contribution in [0, 0.1) is 10.7 Å². The van der Waals surface area contributed by atoms with Crippen LogP contribution in [0.2, 0.25) is 0 Å². The molecule has 3 heteroatoms. The third-order valence-corrected chi connectivity index (χ3v) is 2.09. The quantitative estimate of drug-likeness (QED) is 0.699. The molecule has 0 N–H and O–H groups in total. The maximum absolute atomic E-state index is 5.24. The monoisotopic (exact) mass is 237 g/mol. The summed E-state index contributed by atoms with van der Waals surface area (Å²) in [5, 5.41) is 0. The highest BCUT2D eigenvalue weighted by Crippen LogP contribution is 2.12. The van der Waals surface area contributed by atoms with Crippen molar-refractivity contribution in [3.05, 3.63) is 15.4 Å². The summed E-state index contributed by atoms with van der Waals surface area (Å²) in [6.07, 6.45) is 0.879. The molecule has 0 atom stereocenters. The van der Waals surface area contributed by atoms with Gasteiger partial charge >= 0.3 is 0 Å². The van der Waals surface area contributed by atoms with Crippen LogP contribution in [-0.2, 0) is 6.42 Å². The lowest BCUT2D eigenvalue weighted by Gasteiger charge is -1.79. The normalized spacial score (nSPS) is 10.1. The van der Waals surface area contributed by atoms with Gasteiger partial charge in [0.2, 0.25) is 0 Å². The molecule has 0 unspecified atom stereocenters. The minimum atomic E-state index is 0.830. The van der Waals surface area contributed by atoms with E-state index in [2.05, 4.69) is 27.6 Å². The second-order valence-corrected chi connectivity index (χ2v) is 2.80. The van der Waals surface area contributed by atoms with Crippen molar-refractivity contribution in [2.24, 2.45) is 0 Å². The molecule has 0 spiro atoms. The minimum absolute atomic E-state index is 0.830. The second kappa shape index (κ2) is 2.68. The number of oxazole rings is 1. The molecule has 0 saturated heterocycles. The van der Waals surface area contributed by atoms with Gasteiger partial charge in [-0.1, -0.05) is 6.92 Å². The molecule has 0 aromatic carbocycles. The van der Waals surface area contributed by atoms with Crippen molar-refractivity contribution in [1.82, 2.24) is 4.98 Å². The maximum atomic E-state index is 5.24. The molecule has 0 fully saturated rings. The van der Waals surface area contributed by atoms with Gasteiger partial charge in [0.25, 0.3) is 0 Å². The molecule has 1 aromatic rings. The molecule has 1 rings (SSSR count). The summed E-state index contributed by atoms with van der Waals surface area (Å²) in [6, 6.07) is 0. The Bertz CT molecular complexity index is 187. The molecule has 50 valence electrons. The predicted octanol–water partition coefficient (Wildman–Crippen LogP) is 2.15. The fourth-order valence-electron chi connectivity index (χ4n) is 0.582. The first-order valence-corrected chi connectivity index (χ1v) is 3.93. The van der Waals surface area contributed by atoms with Crippen LogP contribution in [0.3, 0.4) is 0 Å². The Morgan fingerprint density at radius 3 is 2.56 bits per heavy atom. The Morgan fingerprint density at radius 1 is 1.67 bits per heavy atom. The van der Waals surface area contributed by atoms with Gasteiger partial charge in [-0.3, -0.25) is 0 Å². The Hall–Kier alpha value is -0.0600. The number of aromatic nitrogens is 1. The van der Waals surface area contributed by atoms with Gasteiger partial charge in [0.1, 0.15) is 0 Å². The van der Waals surface area contributed by atoms with E-state index >= 15 is 0 Å². The van der Waals surface area contributed by atoms with Crippen LogP contribution in [0.25, 0.3) is 0 Å². The zero-order valence-corrected chi connectivity index (χ0v) is 7.60. The van der Waals surface area contributed by atoms with Gasteiger partial charge in [-0.15, -0.1) is 0 Å². The highest BCUT2D eigenvalue weighted by atomic mass is 127. The lowest BCUT2D eigenvalue weighted by atomic mass is 10.5. The molecule has 0 bridgehead atoms. The molecule has 1 aromatic heterocycles. The van der Waals surface area contributed by atoms with Gasteiger partial charge in [-0.25, -0.2) is 4.98 Å². The fraction of sp³-hybridized carbons (Fsp3) is 0.500. The minimum Gasteiger partial charge on any atom is -0.435 e. The number of hydrogen-bond acceptors (Lipinski definition) is 2. The topological polar surface area (TPSA) is 26.0 Å².